The first-order valence-electron chi connectivity index (χ1n) is 7.44. The summed E-state index contributed by atoms with van der Waals surface area (Å²) in [7, 11) is 0. The Balaban J connectivity index is 1.90. The standard InChI is InChI=1S/C16H24N2O2/c1-11(2)16(3)10-12-8-13(17)14(9-15(12)20-16)18-4-6-19-7-5-18/h8-9,11H,4-7,10,17H2,1-3H3. The van der Waals surface area contributed by atoms with Crippen molar-refractivity contribution >= 4 is 11.4 Å². The monoisotopic (exact) mass is 276 g/mol. The molecule has 1 aromatic rings. The maximum Gasteiger partial charge on any atom is 0.125 e. The normalized spacial score (nSPS) is 25.7. The molecule has 4 heteroatoms. The highest BCUT2D eigenvalue weighted by atomic mass is 16.5. The summed E-state index contributed by atoms with van der Waals surface area (Å²) >= 11 is 0. The van der Waals surface area contributed by atoms with Crippen molar-refractivity contribution in [1.82, 2.24) is 0 Å². The van der Waals surface area contributed by atoms with Gasteiger partial charge in [-0.15, -0.1) is 0 Å². The first kappa shape index (κ1) is 13.6. The lowest BCUT2D eigenvalue weighted by molar-refractivity contribution is 0.0646. The molecule has 0 saturated carbocycles. The number of anilines is 2. The summed E-state index contributed by atoms with van der Waals surface area (Å²) < 4.78 is 11.6. The molecular weight excluding hydrogens is 252 g/mol. The van der Waals surface area contributed by atoms with Gasteiger partial charge in [-0.05, 0) is 18.9 Å². The van der Waals surface area contributed by atoms with Crippen LogP contribution >= 0.6 is 0 Å². The molecule has 4 nitrogen and oxygen atoms in total. The Hall–Kier alpha value is -1.42. The van der Waals surface area contributed by atoms with Crippen molar-refractivity contribution in [2.45, 2.75) is 32.8 Å². The quantitative estimate of drug-likeness (QED) is 0.843. The number of nitrogen functional groups attached to an aromatic ring is 1. The molecule has 2 aliphatic rings. The zero-order valence-corrected chi connectivity index (χ0v) is 12.6. The molecule has 1 saturated heterocycles. The Labute approximate surface area is 120 Å². The highest BCUT2D eigenvalue weighted by Gasteiger charge is 2.38. The fourth-order valence-electron chi connectivity index (χ4n) is 2.93. The second-order valence-electron chi connectivity index (χ2n) is 6.36. The third-order valence-electron chi connectivity index (χ3n) is 4.67. The molecule has 0 amide bonds. The van der Waals surface area contributed by atoms with Crippen LogP contribution in [0.5, 0.6) is 5.75 Å². The number of morpholine rings is 1. The fourth-order valence-corrected chi connectivity index (χ4v) is 2.93. The van der Waals surface area contributed by atoms with Crippen LogP contribution in [0.25, 0.3) is 0 Å². The molecule has 0 spiro atoms. The van der Waals surface area contributed by atoms with E-state index in [0.717, 1.165) is 49.8 Å². The van der Waals surface area contributed by atoms with Crippen LogP contribution in [0.1, 0.15) is 26.3 Å². The number of fused-ring (bicyclic) bond motifs is 1. The largest absolute Gasteiger partial charge is 0.487 e. The van der Waals surface area contributed by atoms with Gasteiger partial charge in [0.1, 0.15) is 11.4 Å². The Morgan fingerprint density at radius 2 is 1.95 bits per heavy atom. The maximum absolute atomic E-state index is 6.25. The van der Waals surface area contributed by atoms with E-state index in [-0.39, 0.29) is 5.60 Å². The van der Waals surface area contributed by atoms with Crippen molar-refractivity contribution in [2.24, 2.45) is 5.92 Å². The number of rotatable bonds is 2. The molecule has 2 N–H and O–H groups in total. The summed E-state index contributed by atoms with van der Waals surface area (Å²) in [5.41, 5.74) is 9.30. The molecule has 0 aliphatic carbocycles. The van der Waals surface area contributed by atoms with Crippen molar-refractivity contribution < 1.29 is 9.47 Å². The van der Waals surface area contributed by atoms with E-state index in [9.17, 15) is 0 Å². The van der Waals surface area contributed by atoms with Gasteiger partial charge in [0.15, 0.2) is 0 Å². The first-order valence-corrected chi connectivity index (χ1v) is 7.44. The summed E-state index contributed by atoms with van der Waals surface area (Å²) in [6.07, 6.45) is 0.938. The third kappa shape index (κ3) is 2.22. The van der Waals surface area contributed by atoms with Gasteiger partial charge >= 0.3 is 0 Å². The van der Waals surface area contributed by atoms with E-state index in [4.69, 9.17) is 15.2 Å². The van der Waals surface area contributed by atoms with E-state index in [2.05, 4.69) is 37.8 Å². The van der Waals surface area contributed by atoms with E-state index in [1.165, 1.54) is 5.56 Å². The molecule has 3 rings (SSSR count). The average molecular weight is 276 g/mol. The van der Waals surface area contributed by atoms with Gasteiger partial charge in [0.05, 0.1) is 24.6 Å². The van der Waals surface area contributed by atoms with Crippen LogP contribution in [0.3, 0.4) is 0 Å². The number of benzene rings is 1. The summed E-state index contributed by atoms with van der Waals surface area (Å²) in [4.78, 5) is 2.29. The molecule has 1 aromatic carbocycles. The van der Waals surface area contributed by atoms with Crippen molar-refractivity contribution in [1.29, 1.82) is 0 Å². The van der Waals surface area contributed by atoms with Gasteiger partial charge in [0, 0.05) is 31.1 Å². The van der Waals surface area contributed by atoms with Gasteiger partial charge < -0.3 is 20.1 Å². The zero-order valence-electron chi connectivity index (χ0n) is 12.6. The van der Waals surface area contributed by atoms with E-state index in [0.29, 0.717) is 5.92 Å². The van der Waals surface area contributed by atoms with Gasteiger partial charge in [-0.3, -0.25) is 0 Å². The SMILES string of the molecule is CC(C)C1(C)Cc2cc(N)c(N3CCOCC3)cc2O1. The Morgan fingerprint density at radius 1 is 1.25 bits per heavy atom. The second kappa shape index (κ2) is 4.85. The number of ether oxygens (including phenoxy) is 2. The van der Waals surface area contributed by atoms with Crippen LogP contribution in [0.15, 0.2) is 12.1 Å². The Kier molecular flexibility index (Phi) is 3.28. The molecule has 0 bridgehead atoms. The highest BCUT2D eigenvalue weighted by molar-refractivity contribution is 5.72. The second-order valence-corrected chi connectivity index (χ2v) is 6.36. The van der Waals surface area contributed by atoms with Crippen LogP contribution in [-0.4, -0.2) is 31.9 Å². The molecule has 20 heavy (non-hydrogen) atoms. The molecule has 0 aromatic heterocycles. The third-order valence-corrected chi connectivity index (χ3v) is 4.67. The van der Waals surface area contributed by atoms with Gasteiger partial charge in [0.2, 0.25) is 0 Å². The lowest BCUT2D eigenvalue weighted by Crippen LogP contribution is -2.36. The van der Waals surface area contributed by atoms with E-state index in [1.54, 1.807) is 0 Å². The summed E-state index contributed by atoms with van der Waals surface area (Å²) in [5.74, 6) is 1.47. The smallest absolute Gasteiger partial charge is 0.125 e. The minimum atomic E-state index is -0.113. The minimum Gasteiger partial charge on any atom is -0.487 e. The van der Waals surface area contributed by atoms with Gasteiger partial charge in [-0.1, -0.05) is 13.8 Å². The topological polar surface area (TPSA) is 47.7 Å². The van der Waals surface area contributed by atoms with E-state index >= 15 is 0 Å². The van der Waals surface area contributed by atoms with E-state index < -0.39 is 0 Å². The van der Waals surface area contributed by atoms with Gasteiger partial charge in [-0.2, -0.15) is 0 Å². The molecule has 1 unspecified atom stereocenters. The molecule has 1 fully saturated rings. The highest BCUT2D eigenvalue weighted by Crippen LogP contribution is 2.43. The lowest BCUT2D eigenvalue weighted by Gasteiger charge is -2.30. The van der Waals surface area contributed by atoms with Gasteiger partial charge in [-0.25, -0.2) is 0 Å². The minimum absolute atomic E-state index is 0.113. The van der Waals surface area contributed by atoms with Crippen molar-refractivity contribution in [3.8, 4) is 5.75 Å². The summed E-state index contributed by atoms with van der Waals surface area (Å²) in [6.45, 7) is 9.91. The van der Waals surface area contributed by atoms with E-state index in [1.807, 2.05) is 0 Å². The van der Waals surface area contributed by atoms with Gasteiger partial charge in [0.25, 0.3) is 0 Å². The number of nitrogens with zero attached hydrogens (tertiary/aromatic N) is 1. The number of nitrogens with two attached hydrogens (primary N) is 1. The molecular formula is C16H24N2O2. The predicted octanol–water partition coefficient (Wildman–Crippen LogP) is 2.46. The van der Waals surface area contributed by atoms with Crippen LogP contribution in [0.4, 0.5) is 11.4 Å². The zero-order chi connectivity index (χ0) is 14.3. The lowest BCUT2D eigenvalue weighted by atomic mass is 9.88. The summed E-state index contributed by atoms with van der Waals surface area (Å²) in [6, 6.07) is 4.21. The number of hydrogen-bond donors (Lipinski definition) is 1. The molecule has 2 aliphatic heterocycles. The molecule has 2 heterocycles. The average Bonchev–Trinajstić information content (AvgIpc) is 2.75. The fraction of sp³-hybridized carbons (Fsp3) is 0.625. The first-order chi connectivity index (χ1) is 9.49. The molecule has 1 atom stereocenters. The van der Waals surface area contributed by atoms with Crippen molar-refractivity contribution in [2.75, 3.05) is 36.9 Å². The predicted molar refractivity (Wildman–Crippen MR) is 81.5 cm³/mol. The Morgan fingerprint density at radius 3 is 2.60 bits per heavy atom. The number of hydrogen-bond acceptors (Lipinski definition) is 4. The van der Waals surface area contributed by atoms with Crippen LogP contribution in [0, 0.1) is 5.92 Å². The van der Waals surface area contributed by atoms with Crippen molar-refractivity contribution in [3.63, 3.8) is 0 Å². The van der Waals surface area contributed by atoms with Crippen LogP contribution in [-0.2, 0) is 11.2 Å². The molecule has 0 radical (unpaired) electrons. The molecule has 110 valence electrons. The maximum atomic E-state index is 6.25. The Bertz CT molecular complexity index is 509. The van der Waals surface area contributed by atoms with Crippen LogP contribution < -0.4 is 15.4 Å². The summed E-state index contributed by atoms with van der Waals surface area (Å²) in [5, 5.41) is 0. The van der Waals surface area contributed by atoms with Crippen LogP contribution in [0.2, 0.25) is 0 Å². The van der Waals surface area contributed by atoms with Crippen molar-refractivity contribution in [3.05, 3.63) is 17.7 Å².